The fourth-order valence-electron chi connectivity index (χ4n) is 3.45. The number of nitrogens with one attached hydrogen (secondary N) is 1. The summed E-state index contributed by atoms with van der Waals surface area (Å²) in [5, 5.41) is 3.67. The van der Waals surface area contributed by atoms with Crippen LogP contribution in [-0.4, -0.2) is 38.8 Å². The Morgan fingerprint density at radius 2 is 2.03 bits per heavy atom. The zero-order valence-electron chi connectivity index (χ0n) is 16.6. The van der Waals surface area contributed by atoms with Gasteiger partial charge in [0.2, 0.25) is 15.9 Å². The summed E-state index contributed by atoms with van der Waals surface area (Å²) in [6.07, 6.45) is 1.28. The highest BCUT2D eigenvalue weighted by atomic mass is 35.5. The molecule has 1 unspecified atom stereocenters. The van der Waals surface area contributed by atoms with Gasteiger partial charge in [-0.3, -0.25) is 4.79 Å². The maximum atomic E-state index is 12.9. The number of amides is 1. The van der Waals surface area contributed by atoms with Gasteiger partial charge in [0.1, 0.15) is 5.75 Å². The molecule has 1 N–H and O–H groups in total. The monoisotopic (exact) mass is 470 g/mol. The van der Waals surface area contributed by atoms with Crippen molar-refractivity contribution in [3.63, 3.8) is 0 Å². The Balaban J connectivity index is 1.61. The number of rotatable bonds is 7. The van der Waals surface area contributed by atoms with Crippen molar-refractivity contribution in [3.05, 3.63) is 63.6 Å². The predicted octanol–water partition coefficient (Wildman–Crippen LogP) is 3.86. The normalized spacial score (nSPS) is 17.5. The number of methoxy groups -OCH3 is 1. The lowest BCUT2D eigenvalue weighted by Crippen LogP contribution is -2.45. The van der Waals surface area contributed by atoms with Crippen LogP contribution in [0, 0.1) is 5.92 Å². The number of hydrogen-bond acceptors (Lipinski definition) is 4. The number of carbonyl (C=O) groups excluding carboxylic acids is 1. The first kappa shape index (κ1) is 22.9. The van der Waals surface area contributed by atoms with E-state index in [1.54, 1.807) is 19.2 Å². The number of benzene rings is 2. The third-order valence-corrected chi connectivity index (χ3v) is 7.48. The summed E-state index contributed by atoms with van der Waals surface area (Å²) >= 11 is 12.0. The highest BCUT2D eigenvalue weighted by Crippen LogP contribution is 2.26. The van der Waals surface area contributed by atoms with E-state index in [0.29, 0.717) is 41.5 Å². The third kappa shape index (κ3) is 5.88. The van der Waals surface area contributed by atoms with Crippen LogP contribution in [0.15, 0.2) is 42.5 Å². The maximum absolute atomic E-state index is 12.9. The summed E-state index contributed by atoms with van der Waals surface area (Å²) in [7, 11) is -2.02. The summed E-state index contributed by atoms with van der Waals surface area (Å²) < 4.78 is 32.4. The van der Waals surface area contributed by atoms with Crippen LogP contribution in [0.3, 0.4) is 0 Å². The van der Waals surface area contributed by atoms with Gasteiger partial charge in [0.15, 0.2) is 0 Å². The highest BCUT2D eigenvalue weighted by Gasteiger charge is 2.32. The van der Waals surface area contributed by atoms with Crippen molar-refractivity contribution >= 4 is 39.1 Å². The fraction of sp³-hybridized carbons (Fsp3) is 0.381. The van der Waals surface area contributed by atoms with Gasteiger partial charge in [-0.05, 0) is 48.2 Å². The van der Waals surface area contributed by atoms with Crippen molar-refractivity contribution in [1.82, 2.24) is 9.62 Å². The first-order valence-corrected chi connectivity index (χ1v) is 12.0. The van der Waals surface area contributed by atoms with E-state index in [0.717, 1.165) is 11.3 Å². The van der Waals surface area contributed by atoms with Crippen LogP contribution in [0.25, 0.3) is 0 Å². The molecular formula is C21H24Cl2N2O4S. The number of ether oxygens (including phenoxy) is 1. The molecule has 1 fully saturated rings. The smallest absolute Gasteiger partial charge is 0.224 e. The molecule has 0 saturated carbocycles. The van der Waals surface area contributed by atoms with Crippen LogP contribution in [0.2, 0.25) is 10.0 Å². The molecule has 0 aromatic heterocycles. The molecule has 162 valence electrons. The molecule has 30 heavy (non-hydrogen) atoms. The van der Waals surface area contributed by atoms with Crippen LogP contribution < -0.4 is 10.1 Å². The second kappa shape index (κ2) is 10.0. The van der Waals surface area contributed by atoms with Gasteiger partial charge in [0.05, 0.1) is 18.8 Å². The van der Waals surface area contributed by atoms with Gasteiger partial charge >= 0.3 is 0 Å². The van der Waals surface area contributed by atoms with Crippen molar-refractivity contribution in [2.75, 3.05) is 20.2 Å². The van der Waals surface area contributed by atoms with Gasteiger partial charge < -0.3 is 10.1 Å². The van der Waals surface area contributed by atoms with Crippen molar-refractivity contribution < 1.29 is 17.9 Å². The van der Waals surface area contributed by atoms with Gasteiger partial charge in [-0.1, -0.05) is 41.4 Å². The summed E-state index contributed by atoms with van der Waals surface area (Å²) in [6.45, 7) is 0.921. The minimum Gasteiger partial charge on any atom is -0.497 e. The first-order valence-electron chi connectivity index (χ1n) is 9.61. The van der Waals surface area contributed by atoms with Crippen molar-refractivity contribution in [1.29, 1.82) is 0 Å². The standard InChI is InChI=1S/C21H24Cl2N2O4S/c1-29-19-6-2-4-15(10-19)12-24-21(26)16-5-3-9-25(13-16)30(27,28)14-17-7-8-18(22)11-20(17)23/h2,4,6-8,10-11,16H,3,5,9,12-14H2,1H3,(H,24,26). The largest absolute Gasteiger partial charge is 0.497 e. The fourth-order valence-corrected chi connectivity index (χ4v) is 5.65. The number of piperidine rings is 1. The minimum absolute atomic E-state index is 0.151. The lowest BCUT2D eigenvalue weighted by molar-refractivity contribution is -0.126. The van der Waals surface area contributed by atoms with Crippen LogP contribution >= 0.6 is 23.2 Å². The van der Waals surface area contributed by atoms with E-state index >= 15 is 0 Å². The van der Waals surface area contributed by atoms with Gasteiger partial charge in [-0.15, -0.1) is 0 Å². The quantitative estimate of drug-likeness (QED) is 0.666. The van der Waals surface area contributed by atoms with E-state index in [4.69, 9.17) is 27.9 Å². The van der Waals surface area contributed by atoms with E-state index in [1.165, 1.54) is 10.4 Å². The molecule has 9 heteroatoms. The van der Waals surface area contributed by atoms with Crippen molar-refractivity contribution in [2.45, 2.75) is 25.1 Å². The summed E-state index contributed by atoms with van der Waals surface area (Å²) in [5.74, 6) is -0.0409. The number of nitrogens with zero attached hydrogens (tertiary/aromatic N) is 1. The third-order valence-electron chi connectivity index (χ3n) is 5.10. The van der Waals surface area contributed by atoms with Crippen LogP contribution in [-0.2, 0) is 27.1 Å². The van der Waals surface area contributed by atoms with Gasteiger partial charge in [0, 0.05) is 29.7 Å². The van der Waals surface area contributed by atoms with Crippen LogP contribution in [0.1, 0.15) is 24.0 Å². The molecule has 1 amide bonds. The molecule has 1 atom stereocenters. The number of hydrogen-bond donors (Lipinski definition) is 1. The van der Waals surface area contributed by atoms with E-state index in [9.17, 15) is 13.2 Å². The number of sulfonamides is 1. The minimum atomic E-state index is -3.61. The molecule has 1 aliphatic rings. The maximum Gasteiger partial charge on any atom is 0.224 e. The predicted molar refractivity (Wildman–Crippen MR) is 118 cm³/mol. The number of halogens is 2. The Hall–Kier alpha value is -1.80. The Bertz CT molecular complexity index is 1010. The molecular weight excluding hydrogens is 447 g/mol. The molecule has 0 bridgehead atoms. The van der Waals surface area contributed by atoms with E-state index in [-0.39, 0.29) is 24.1 Å². The zero-order valence-corrected chi connectivity index (χ0v) is 18.9. The van der Waals surface area contributed by atoms with Crippen LogP contribution in [0.4, 0.5) is 0 Å². The molecule has 0 spiro atoms. The molecule has 1 heterocycles. The summed E-state index contributed by atoms with van der Waals surface area (Å²) in [6, 6.07) is 12.2. The molecule has 3 rings (SSSR count). The van der Waals surface area contributed by atoms with E-state index in [1.807, 2.05) is 24.3 Å². The average molecular weight is 471 g/mol. The molecule has 0 radical (unpaired) electrons. The van der Waals surface area contributed by atoms with Gasteiger partial charge in [-0.25, -0.2) is 12.7 Å². The Morgan fingerprint density at radius 3 is 2.77 bits per heavy atom. The van der Waals surface area contributed by atoms with Crippen molar-refractivity contribution in [2.24, 2.45) is 5.92 Å². The summed E-state index contributed by atoms with van der Waals surface area (Å²) in [5.41, 5.74) is 1.41. The molecule has 1 aliphatic heterocycles. The molecule has 1 saturated heterocycles. The van der Waals surface area contributed by atoms with Gasteiger partial charge in [0.25, 0.3) is 0 Å². The second-order valence-corrected chi connectivity index (χ2v) is 10.1. The lowest BCUT2D eigenvalue weighted by atomic mass is 9.99. The zero-order chi connectivity index (χ0) is 21.7. The molecule has 2 aromatic rings. The topological polar surface area (TPSA) is 75.7 Å². The molecule has 2 aromatic carbocycles. The first-order chi connectivity index (χ1) is 14.3. The highest BCUT2D eigenvalue weighted by molar-refractivity contribution is 7.88. The van der Waals surface area contributed by atoms with E-state index in [2.05, 4.69) is 5.32 Å². The SMILES string of the molecule is COc1cccc(CNC(=O)C2CCCN(S(=O)(=O)Cc3ccc(Cl)cc3Cl)C2)c1. The number of carbonyl (C=O) groups is 1. The Labute approximate surface area is 187 Å². The molecule has 6 nitrogen and oxygen atoms in total. The Morgan fingerprint density at radius 1 is 1.23 bits per heavy atom. The molecule has 0 aliphatic carbocycles. The average Bonchev–Trinajstić information content (AvgIpc) is 2.74. The van der Waals surface area contributed by atoms with Crippen molar-refractivity contribution in [3.8, 4) is 5.75 Å². The lowest BCUT2D eigenvalue weighted by Gasteiger charge is -2.31. The summed E-state index contributed by atoms with van der Waals surface area (Å²) in [4.78, 5) is 12.6. The second-order valence-electron chi connectivity index (χ2n) is 7.26. The Kier molecular flexibility index (Phi) is 7.63. The van der Waals surface area contributed by atoms with Gasteiger partial charge in [-0.2, -0.15) is 0 Å². The van der Waals surface area contributed by atoms with E-state index < -0.39 is 10.0 Å². The van der Waals surface area contributed by atoms with Crippen LogP contribution in [0.5, 0.6) is 5.75 Å².